The van der Waals surface area contributed by atoms with Crippen LogP contribution in [0.25, 0.3) is 11.4 Å². The lowest BCUT2D eigenvalue weighted by atomic mass is 10.1. The van der Waals surface area contributed by atoms with Crippen LogP contribution in [0.3, 0.4) is 0 Å². The fourth-order valence-electron chi connectivity index (χ4n) is 3.47. The number of anilines is 2. The molecular weight excluding hydrogens is 476 g/mol. The first kappa shape index (κ1) is 25.2. The molecule has 9 nitrogen and oxygen atoms in total. The fraction of sp³-hybridized carbons (Fsp3) is 0.269. The molecule has 0 saturated heterocycles. The largest absolute Gasteiger partial charge is 0.478 e. The summed E-state index contributed by atoms with van der Waals surface area (Å²) in [5.41, 5.74) is 3.10. The highest BCUT2D eigenvalue weighted by Gasteiger charge is 2.17. The Morgan fingerprint density at radius 2 is 1.94 bits per heavy atom. The molecule has 0 aromatic carbocycles. The maximum Gasteiger partial charge on any atom is 0.337 e. The van der Waals surface area contributed by atoms with Crippen LogP contribution in [0.4, 0.5) is 11.6 Å². The van der Waals surface area contributed by atoms with Crippen molar-refractivity contribution in [2.45, 2.75) is 26.7 Å². The summed E-state index contributed by atoms with van der Waals surface area (Å²) in [4.78, 5) is 31.8. The van der Waals surface area contributed by atoms with Gasteiger partial charge in [-0.25, -0.2) is 19.7 Å². The molecular formula is C26H28N6O3S. The Labute approximate surface area is 213 Å². The third-order valence-electron chi connectivity index (χ3n) is 5.27. The number of nitrogens with zero attached hydrogens (tertiary/aromatic N) is 5. The minimum atomic E-state index is -0.994. The Bertz CT molecular complexity index is 1370. The maximum atomic E-state index is 11.6. The van der Waals surface area contributed by atoms with E-state index in [1.54, 1.807) is 30.5 Å². The van der Waals surface area contributed by atoms with Gasteiger partial charge in [-0.15, -0.1) is 0 Å². The summed E-state index contributed by atoms with van der Waals surface area (Å²) in [6.07, 6.45) is 2.95. The minimum absolute atomic E-state index is 0.196. The lowest BCUT2D eigenvalue weighted by Gasteiger charge is -2.13. The zero-order valence-electron chi connectivity index (χ0n) is 20.6. The second kappa shape index (κ2) is 11.2. The topological polar surface area (TPSA) is 113 Å². The number of aryl methyl sites for hydroxylation is 2. The average molecular weight is 505 g/mol. The summed E-state index contributed by atoms with van der Waals surface area (Å²) in [6.45, 7) is 4.69. The van der Waals surface area contributed by atoms with Gasteiger partial charge in [-0.2, -0.15) is 0 Å². The van der Waals surface area contributed by atoms with E-state index in [4.69, 9.17) is 9.72 Å². The van der Waals surface area contributed by atoms with E-state index in [0.29, 0.717) is 46.8 Å². The van der Waals surface area contributed by atoms with E-state index < -0.39 is 5.97 Å². The van der Waals surface area contributed by atoms with Gasteiger partial charge in [-0.3, -0.25) is 4.98 Å². The molecule has 0 aliphatic carbocycles. The SMILES string of the molecule is CCc1nc(-c2cccc(C)n2)c(Oc2ccnc(Nc3ccc(C(=O)O)c(CCN(C)C)n3)c2)s1. The molecule has 4 aromatic heterocycles. The van der Waals surface area contributed by atoms with Crippen LogP contribution < -0.4 is 10.1 Å². The first-order valence-corrected chi connectivity index (χ1v) is 12.4. The minimum Gasteiger partial charge on any atom is -0.478 e. The predicted molar refractivity (Wildman–Crippen MR) is 141 cm³/mol. The molecule has 10 heteroatoms. The molecule has 4 rings (SSSR count). The van der Waals surface area contributed by atoms with E-state index in [-0.39, 0.29) is 5.56 Å². The van der Waals surface area contributed by atoms with Crippen LogP contribution in [0.1, 0.15) is 33.7 Å². The molecule has 0 fully saturated rings. The summed E-state index contributed by atoms with van der Waals surface area (Å²) in [5.74, 6) is 0.625. The molecule has 4 aromatic rings. The highest BCUT2D eigenvalue weighted by atomic mass is 32.1. The molecule has 0 atom stereocenters. The van der Waals surface area contributed by atoms with E-state index in [9.17, 15) is 9.90 Å². The van der Waals surface area contributed by atoms with Crippen molar-refractivity contribution in [1.29, 1.82) is 0 Å². The van der Waals surface area contributed by atoms with Crippen LogP contribution in [-0.4, -0.2) is 56.6 Å². The smallest absolute Gasteiger partial charge is 0.337 e. The fourth-order valence-corrected chi connectivity index (χ4v) is 4.35. The Morgan fingerprint density at radius 1 is 1.11 bits per heavy atom. The number of aromatic nitrogens is 4. The van der Waals surface area contributed by atoms with Crippen LogP contribution >= 0.6 is 11.3 Å². The van der Waals surface area contributed by atoms with Crippen molar-refractivity contribution in [2.24, 2.45) is 0 Å². The zero-order valence-corrected chi connectivity index (χ0v) is 21.5. The van der Waals surface area contributed by atoms with Gasteiger partial charge in [-0.05, 0) is 57.8 Å². The van der Waals surface area contributed by atoms with E-state index in [0.717, 1.165) is 22.8 Å². The average Bonchev–Trinajstić information content (AvgIpc) is 3.26. The van der Waals surface area contributed by atoms with Gasteiger partial charge in [0.1, 0.15) is 23.1 Å². The normalized spacial score (nSPS) is 11.0. The molecule has 0 spiro atoms. The van der Waals surface area contributed by atoms with Crippen molar-refractivity contribution in [3.63, 3.8) is 0 Å². The summed E-state index contributed by atoms with van der Waals surface area (Å²) in [5, 5.41) is 14.3. The number of nitrogens with one attached hydrogen (secondary N) is 1. The summed E-state index contributed by atoms with van der Waals surface area (Å²) >= 11 is 1.49. The molecule has 2 N–H and O–H groups in total. The molecule has 0 aliphatic heterocycles. The maximum absolute atomic E-state index is 11.6. The van der Waals surface area contributed by atoms with Gasteiger partial charge < -0.3 is 20.1 Å². The molecule has 0 amide bonds. The van der Waals surface area contributed by atoms with Gasteiger partial charge in [0.25, 0.3) is 0 Å². The summed E-state index contributed by atoms with van der Waals surface area (Å²) < 4.78 is 6.24. The van der Waals surface area contributed by atoms with Crippen LogP contribution in [0.5, 0.6) is 10.8 Å². The first-order chi connectivity index (χ1) is 17.3. The van der Waals surface area contributed by atoms with Crippen molar-refractivity contribution in [3.05, 3.63) is 70.6 Å². The zero-order chi connectivity index (χ0) is 25.7. The number of pyridine rings is 3. The predicted octanol–water partition coefficient (Wildman–Crippen LogP) is 5.20. The lowest BCUT2D eigenvalue weighted by Crippen LogP contribution is -2.18. The Morgan fingerprint density at radius 3 is 2.67 bits per heavy atom. The number of carboxylic acid groups (broad SMARTS) is 1. The van der Waals surface area contributed by atoms with E-state index in [1.807, 2.05) is 44.1 Å². The van der Waals surface area contributed by atoms with Crippen molar-refractivity contribution >= 4 is 28.9 Å². The Kier molecular flexibility index (Phi) is 7.87. The van der Waals surface area contributed by atoms with Crippen LogP contribution in [0.15, 0.2) is 48.7 Å². The number of carboxylic acids is 1. The van der Waals surface area contributed by atoms with Crippen molar-refractivity contribution in [1.82, 2.24) is 24.8 Å². The number of hydrogen-bond donors (Lipinski definition) is 2. The number of aromatic carboxylic acids is 1. The third kappa shape index (κ3) is 6.21. The molecule has 36 heavy (non-hydrogen) atoms. The van der Waals surface area contributed by atoms with Crippen LogP contribution in [0.2, 0.25) is 0 Å². The van der Waals surface area contributed by atoms with Crippen LogP contribution in [0, 0.1) is 6.92 Å². The van der Waals surface area contributed by atoms with Gasteiger partial charge in [0.05, 0.1) is 22.0 Å². The van der Waals surface area contributed by atoms with Gasteiger partial charge in [0, 0.05) is 30.9 Å². The van der Waals surface area contributed by atoms with E-state index in [2.05, 4.69) is 27.2 Å². The van der Waals surface area contributed by atoms with Crippen molar-refractivity contribution < 1.29 is 14.6 Å². The molecule has 0 bridgehead atoms. The summed E-state index contributed by atoms with van der Waals surface area (Å²) in [7, 11) is 3.87. The van der Waals surface area contributed by atoms with Crippen LogP contribution in [-0.2, 0) is 12.8 Å². The van der Waals surface area contributed by atoms with Gasteiger partial charge >= 0.3 is 5.97 Å². The number of ether oxygens (including phenoxy) is 1. The molecule has 0 saturated carbocycles. The Hall–Kier alpha value is -3.89. The first-order valence-electron chi connectivity index (χ1n) is 11.5. The van der Waals surface area contributed by atoms with E-state index >= 15 is 0 Å². The molecule has 0 radical (unpaired) electrons. The quantitative estimate of drug-likeness (QED) is 0.301. The monoisotopic (exact) mass is 504 g/mol. The number of hydrogen-bond acceptors (Lipinski definition) is 9. The lowest BCUT2D eigenvalue weighted by molar-refractivity contribution is 0.0695. The number of likely N-dealkylation sites (N-methyl/N-ethyl adjacent to an activating group) is 1. The molecule has 4 heterocycles. The highest BCUT2D eigenvalue weighted by Crippen LogP contribution is 2.38. The third-order valence-corrected chi connectivity index (χ3v) is 6.35. The van der Waals surface area contributed by atoms with E-state index in [1.165, 1.54) is 11.3 Å². The standard InChI is InChI=1S/C26H28N6O3S/c1-5-23-31-24(20-8-6-7-16(2)28-20)26(36-23)35-17-11-13-27-22(15-17)30-21-10-9-18(25(33)34)19(29-21)12-14-32(3)4/h6-11,13,15H,5,12,14H2,1-4H3,(H,33,34)(H,27,29,30). The highest BCUT2D eigenvalue weighted by molar-refractivity contribution is 7.14. The van der Waals surface area contributed by atoms with Gasteiger partial charge in [0.15, 0.2) is 0 Å². The number of rotatable bonds is 10. The number of thiazole rings is 1. The number of carbonyl (C=O) groups is 1. The van der Waals surface area contributed by atoms with Crippen molar-refractivity contribution in [3.8, 4) is 22.2 Å². The second-order valence-corrected chi connectivity index (χ2v) is 9.46. The molecule has 186 valence electrons. The molecule has 0 aliphatic rings. The Balaban J connectivity index is 1.57. The van der Waals surface area contributed by atoms with Crippen molar-refractivity contribution in [2.75, 3.05) is 26.0 Å². The summed E-state index contributed by atoms with van der Waals surface area (Å²) in [6, 6.07) is 12.6. The second-order valence-electron chi connectivity index (χ2n) is 8.41. The van der Waals surface area contributed by atoms with Gasteiger partial charge in [0.2, 0.25) is 5.06 Å². The molecule has 0 unspecified atom stereocenters. The van der Waals surface area contributed by atoms with Gasteiger partial charge in [-0.1, -0.05) is 24.3 Å².